The minimum absolute atomic E-state index is 0.258. The molecule has 1 aromatic carbocycles. The van der Waals surface area contributed by atoms with Gasteiger partial charge in [-0.2, -0.15) is 11.8 Å². The van der Waals surface area contributed by atoms with Crippen molar-refractivity contribution in [2.24, 2.45) is 4.99 Å². The van der Waals surface area contributed by atoms with E-state index in [-0.39, 0.29) is 4.75 Å². The molecule has 1 aromatic rings. The molecule has 2 rings (SSSR count). The van der Waals surface area contributed by atoms with Gasteiger partial charge in [-0.1, -0.05) is 42.1 Å². The van der Waals surface area contributed by atoms with E-state index in [1.54, 1.807) is 0 Å². The van der Waals surface area contributed by atoms with Crippen LogP contribution in [0.4, 0.5) is 0 Å². The molecule has 1 unspecified atom stereocenters. The second-order valence-electron chi connectivity index (χ2n) is 4.98. The number of aliphatic imine (C=N–C) groups is 1. The van der Waals surface area contributed by atoms with Gasteiger partial charge >= 0.3 is 0 Å². The van der Waals surface area contributed by atoms with Crippen LogP contribution in [0.1, 0.15) is 24.7 Å². The lowest BCUT2D eigenvalue weighted by Gasteiger charge is -2.22. The first-order valence-electron chi connectivity index (χ1n) is 6.16. The molecule has 18 heavy (non-hydrogen) atoms. The molecule has 1 atom stereocenters. The van der Waals surface area contributed by atoms with Crippen molar-refractivity contribution in [3.8, 4) is 0 Å². The Balaban J connectivity index is 1.85. The van der Waals surface area contributed by atoms with Crippen molar-refractivity contribution < 1.29 is 0 Å². The quantitative estimate of drug-likeness (QED) is 0.912. The predicted molar refractivity (Wildman–Crippen MR) is 84.7 cm³/mol. The minimum atomic E-state index is 0.258. The minimum Gasteiger partial charge on any atom is -0.364 e. The van der Waals surface area contributed by atoms with Crippen LogP contribution >= 0.6 is 23.5 Å². The molecule has 1 heterocycles. The topological polar surface area (TPSA) is 24.4 Å². The van der Waals surface area contributed by atoms with Crippen molar-refractivity contribution in [3.63, 3.8) is 0 Å². The zero-order chi connectivity index (χ0) is 13.0. The van der Waals surface area contributed by atoms with Gasteiger partial charge in [-0.3, -0.25) is 4.99 Å². The van der Waals surface area contributed by atoms with Crippen LogP contribution in [-0.4, -0.2) is 29.3 Å². The second kappa shape index (κ2) is 6.02. The first-order valence-corrected chi connectivity index (χ1v) is 8.26. The molecule has 0 aliphatic carbocycles. The van der Waals surface area contributed by atoms with Gasteiger partial charge in [0.15, 0.2) is 5.17 Å². The molecule has 0 saturated heterocycles. The second-order valence-corrected chi connectivity index (χ2v) is 7.69. The van der Waals surface area contributed by atoms with Crippen LogP contribution in [0.25, 0.3) is 0 Å². The van der Waals surface area contributed by atoms with Crippen molar-refractivity contribution in [2.45, 2.75) is 23.8 Å². The zero-order valence-electron chi connectivity index (χ0n) is 11.1. The third-order valence-corrected chi connectivity index (χ3v) is 5.50. The van der Waals surface area contributed by atoms with E-state index < -0.39 is 0 Å². The molecular weight excluding hydrogens is 260 g/mol. The van der Waals surface area contributed by atoms with Crippen LogP contribution in [0.3, 0.4) is 0 Å². The summed E-state index contributed by atoms with van der Waals surface area (Å²) in [6, 6.07) is 10.6. The van der Waals surface area contributed by atoms with Crippen LogP contribution in [0, 0.1) is 0 Å². The first kappa shape index (κ1) is 13.8. The number of thioether (sulfide) groups is 2. The fourth-order valence-corrected chi connectivity index (χ4v) is 2.91. The summed E-state index contributed by atoms with van der Waals surface area (Å²) in [5.74, 6) is 0. The average molecular weight is 280 g/mol. The van der Waals surface area contributed by atoms with Gasteiger partial charge in [-0.15, -0.1) is 0 Å². The highest BCUT2D eigenvalue weighted by molar-refractivity contribution is 8.14. The molecule has 0 spiro atoms. The Morgan fingerprint density at radius 1 is 1.39 bits per heavy atom. The summed E-state index contributed by atoms with van der Waals surface area (Å²) in [6.07, 6.45) is 2.15. The van der Waals surface area contributed by atoms with E-state index in [4.69, 9.17) is 0 Å². The molecular formula is C14H20N2S2. The molecule has 0 saturated carbocycles. The molecule has 1 N–H and O–H groups in total. The van der Waals surface area contributed by atoms with Gasteiger partial charge in [0.05, 0.1) is 11.8 Å². The molecule has 2 nitrogen and oxygen atoms in total. The Morgan fingerprint density at radius 2 is 2.11 bits per heavy atom. The molecule has 1 aliphatic rings. The summed E-state index contributed by atoms with van der Waals surface area (Å²) in [5, 5.41) is 5.03. The third kappa shape index (κ3) is 3.69. The van der Waals surface area contributed by atoms with Crippen molar-refractivity contribution in [1.82, 2.24) is 5.32 Å². The number of benzene rings is 1. The Bertz CT molecular complexity index is 415. The zero-order valence-corrected chi connectivity index (χ0v) is 12.8. The van der Waals surface area contributed by atoms with E-state index in [9.17, 15) is 0 Å². The summed E-state index contributed by atoms with van der Waals surface area (Å²) >= 11 is 3.73. The molecule has 98 valence electrons. The highest BCUT2D eigenvalue weighted by Gasteiger charge is 2.23. The summed E-state index contributed by atoms with van der Waals surface area (Å²) < 4.78 is 0.258. The SMILES string of the molecule is CSC(C)(C)CNC1=NCC(c2ccccc2)S1. The number of hydrogen-bond acceptors (Lipinski definition) is 4. The van der Waals surface area contributed by atoms with E-state index >= 15 is 0 Å². The van der Waals surface area contributed by atoms with Crippen LogP contribution in [0.2, 0.25) is 0 Å². The Morgan fingerprint density at radius 3 is 2.78 bits per heavy atom. The van der Waals surface area contributed by atoms with Gasteiger partial charge in [0.25, 0.3) is 0 Å². The summed E-state index contributed by atoms with van der Waals surface area (Å²) in [5.41, 5.74) is 1.37. The third-order valence-electron chi connectivity index (χ3n) is 3.04. The summed E-state index contributed by atoms with van der Waals surface area (Å²) in [6.45, 7) is 6.34. The highest BCUT2D eigenvalue weighted by atomic mass is 32.2. The smallest absolute Gasteiger partial charge is 0.157 e. The number of nitrogens with one attached hydrogen (secondary N) is 1. The van der Waals surface area contributed by atoms with Crippen LogP contribution in [0.15, 0.2) is 35.3 Å². The molecule has 1 aliphatic heterocycles. The lowest BCUT2D eigenvalue weighted by molar-refractivity contribution is 0.682. The predicted octanol–water partition coefficient (Wildman–Crippen LogP) is 3.56. The maximum Gasteiger partial charge on any atom is 0.157 e. The van der Waals surface area contributed by atoms with Crippen molar-refractivity contribution in [3.05, 3.63) is 35.9 Å². The van der Waals surface area contributed by atoms with Crippen molar-refractivity contribution >= 4 is 28.7 Å². The summed E-state index contributed by atoms with van der Waals surface area (Å²) in [7, 11) is 0. The average Bonchev–Trinajstić information content (AvgIpc) is 2.86. The maximum absolute atomic E-state index is 4.59. The Hall–Kier alpha value is -0.610. The largest absolute Gasteiger partial charge is 0.364 e. The lowest BCUT2D eigenvalue weighted by Crippen LogP contribution is -2.34. The van der Waals surface area contributed by atoms with Gasteiger partial charge < -0.3 is 5.32 Å². The standard InChI is InChI=1S/C14H20N2S2/c1-14(2,17-3)10-16-13-15-9-12(18-13)11-7-5-4-6-8-11/h4-8,12H,9-10H2,1-3H3,(H,15,16). The van der Waals surface area contributed by atoms with E-state index in [1.165, 1.54) is 5.56 Å². The molecule has 0 bridgehead atoms. The van der Waals surface area contributed by atoms with E-state index in [0.29, 0.717) is 5.25 Å². The van der Waals surface area contributed by atoms with Crippen molar-refractivity contribution in [1.29, 1.82) is 0 Å². The van der Waals surface area contributed by atoms with Gasteiger partial charge in [0.2, 0.25) is 0 Å². The lowest BCUT2D eigenvalue weighted by atomic mass is 10.1. The fourth-order valence-electron chi connectivity index (χ4n) is 1.67. The van der Waals surface area contributed by atoms with E-state index in [1.807, 2.05) is 23.5 Å². The number of rotatable bonds is 4. The summed E-state index contributed by atoms with van der Waals surface area (Å²) in [4.78, 5) is 4.59. The van der Waals surface area contributed by atoms with Crippen molar-refractivity contribution in [2.75, 3.05) is 19.3 Å². The van der Waals surface area contributed by atoms with E-state index in [0.717, 1.165) is 18.3 Å². The van der Waals surface area contributed by atoms with Gasteiger partial charge in [-0.25, -0.2) is 0 Å². The maximum atomic E-state index is 4.59. The monoisotopic (exact) mass is 280 g/mol. The van der Waals surface area contributed by atoms with Gasteiger partial charge in [-0.05, 0) is 25.7 Å². The number of amidine groups is 1. The molecule has 0 fully saturated rings. The van der Waals surface area contributed by atoms with Crippen LogP contribution in [0.5, 0.6) is 0 Å². The van der Waals surface area contributed by atoms with Crippen LogP contribution in [-0.2, 0) is 0 Å². The normalized spacial score (nSPS) is 19.7. The number of nitrogens with zero attached hydrogens (tertiary/aromatic N) is 1. The van der Waals surface area contributed by atoms with Gasteiger partial charge in [0.1, 0.15) is 0 Å². The molecule has 0 radical (unpaired) electrons. The Labute approximate surface area is 118 Å². The first-order chi connectivity index (χ1) is 8.61. The number of hydrogen-bond donors (Lipinski definition) is 1. The Kier molecular flexibility index (Phi) is 4.62. The van der Waals surface area contributed by atoms with Crippen LogP contribution < -0.4 is 5.32 Å². The van der Waals surface area contributed by atoms with Gasteiger partial charge in [0, 0.05) is 11.3 Å². The molecule has 0 aromatic heterocycles. The van der Waals surface area contributed by atoms with E-state index in [2.05, 4.69) is 60.7 Å². The molecule has 0 amide bonds. The fraction of sp³-hybridized carbons (Fsp3) is 0.500. The molecule has 4 heteroatoms. The highest BCUT2D eigenvalue weighted by Crippen LogP contribution is 2.34.